The van der Waals surface area contributed by atoms with Crippen LogP contribution in [0, 0.1) is 5.82 Å². The molecule has 4 aromatic carbocycles. The molecule has 0 aliphatic rings. The second-order valence-corrected chi connectivity index (χ2v) is 8.85. The second-order valence-electron chi connectivity index (χ2n) is 8.85. The van der Waals surface area contributed by atoms with Gasteiger partial charge in [0.25, 0.3) is 5.91 Å². The van der Waals surface area contributed by atoms with E-state index >= 15 is 0 Å². The number of halogens is 1. The molecule has 0 aromatic heterocycles. The highest BCUT2D eigenvalue weighted by Gasteiger charge is 2.19. The first-order chi connectivity index (χ1) is 19.5. The highest BCUT2D eigenvalue weighted by Crippen LogP contribution is 2.29. The van der Waals surface area contributed by atoms with E-state index in [-0.39, 0.29) is 30.7 Å². The Hall–Kier alpha value is -4.98. The SMILES string of the molecule is CCOc1cc(/C=N\NC(=O)C[C@H](NC(=O)c2ccccc2)c2ccccc2)ccc1OCc1ccc(F)cc1. The molecular weight excluding hydrogens is 509 g/mol. The molecule has 2 N–H and O–H groups in total. The molecule has 8 heteroatoms. The van der Waals surface area contributed by atoms with Crippen LogP contribution in [0.1, 0.15) is 46.4 Å². The number of nitrogens with one attached hydrogen (secondary N) is 2. The average Bonchev–Trinajstić information content (AvgIpc) is 2.98. The maximum atomic E-state index is 13.1. The first kappa shape index (κ1) is 28.0. The highest BCUT2D eigenvalue weighted by molar-refractivity contribution is 5.94. The number of carbonyl (C=O) groups excluding carboxylic acids is 2. The summed E-state index contributed by atoms with van der Waals surface area (Å²) in [6, 6.07) is 29.0. The van der Waals surface area contributed by atoms with Crippen LogP contribution in [-0.2, 0) is 11.4 Å². The van der Waals surface area contributed by atoms with E-state index in [2.05, 4.69) is 15.8 Å². The summed E-state index contributed by atoms with van der Waals surface area (Å²) in [5.41, 5.74) is 5.37. The van der Waals surface area contributed by atoms with E-state index in [1.54, 1.807) is 54.6 Å². The van der Waals surface area contributed by atoms with Crippen molar-refractivity contribution in [3.63, 3.8) is 0 Å². The number of rotatable bonds is 12. The topological polar surface area (TPSA) is 89.0 Å². The maximum absolute atomic E-state index is 13.1. The third-order valence-electron chi connectivity index (χ3n) is 5.91. The number of hydrazone groups is 1. The lowest BCUT2D eigenvalue weighted by molar-refractivity contribution is -0.121. The highest BCUT2D eigenvalue weighted by atomic mass is 19.1. The monoisotopic (exact) mass is 539 g/mol. The van der Waals surface area contributed by atoms with Crippen LogP contribution in [0.4, 0.5) is 4.39 Å². The first-order valence-corrected chi connectivity index (χ1v) is 12.9. The molecule has 0 unspecified atom stereocenters. The molecule has 4 aromatic rings. The van der Waals surface area contributed by atoms with Crippen LogP contribution >= 0.6 is 0 Å². The van der Waals surface area contributed by atoms with Gasteiger partial charge in [0.2, 0.25) is 5.91 Å². The molecule has 0 aliphatic carbocycles. The zero-order valence-corrected chi connectivity index (χ0v) is 22.0. The molecule has 0 fully saturated rings. The fraction of sp³-hybridized carbons (Fsp3) is 0.156. The van der Waals surface area contributed by atoms with Gasteiger partial charge in [0.15, 0.2) is 11.5 Å². The molecule has 0 heterocycles. The van der Waals surface area contributed by atoms with Crippen molar-refractivity contribution in [1.29, 1.82) is 0 Å². The normalized spacial score (nSPS) is 11.6. The summed E-state index contributed by atoms with van der Waals surface area (Å²) >= 11 is 0. The maximum Gasteiger partial charge on any atom is 0.251 e. The summed E-state index contributed by atoms with van der Waals surface area (Å²) in [6.07, 6.45) is 1.50. The molecule has 1 atom stereocenters. The van der Waals surface area contributed by atoms with Crippen LogP contribution in [0.25, 0.3) is 0 Å². The number of nitrogens with zero attached hydrogens (tertiary/aromatic N) is 1. The number of hydrogen-bond donors (Lipinski definition) is 2. The van der Waals surface area contributed by atoms with E-state index in [0.29, 0.717) is 29.2 Å². The van der Waals surface area contributed by atoms with Crippen molar-refractivity contribution in [2.45, 2.75) is 26.0 Å². The smallest absolute Gasteiger partial charge is 0.251 e. The Bertz CT molecular complexity index is 1430. The van der Waals surface area contributed by atoms with Crippen molar-refractivity contribution in [3.05, 3.63) is 131 Å². The Morgan fingerprint density at radius 3 is 2.27 bits per heavy atom. The summed E-state index contributed by atoms with van der Waals surface area (Å²) in [5, 5.41) is 7.03. The van der Waals surface area contributed by atoms with Crippen molar-refractivity contribution < 1.29 is 23.5 Å². The predicted octanol–water partition coefficient (Wildman–Crippen LogP) is 5.81. The quantitative estimate of drug-likeness (QED) is 0.176. The van der Waals surface area contributed by atoms with Gasteiger partial charge >= 0.3 is 0 Å². The molecule has 40 heavy (non-hydrogen) atoms. The van der Waals surface area contributed by atoms with Gasteiger partial charge in [-0.3, -0.25) is 9.59 Å². The molecule has 204 valence electrons. The Kier molecular flexibility index (Phi) is 9.99. The van der Waals surface area contributed by atoms with E-state index < -0.39 is 6.04 Å². The Labute approximate surface area is 232 Å². The third kappa shape index (κ3) is 8.26. The van der Waals surface area contributed by atoms with E-state index in [0.717, 1.165) is 11.1 Å². The summed E-state index contributed by atoms with van der Waals surface area (Å²) < 4.78 is 24.7. The minimum atomic E-state index is -0.536. The van der Waals surface area contributed by atoms with Gasteiger partial charge in [0, 0.05) is 5.56 Å². The average molecular weight is 540 g/mol. The number of hydrogen-bond acceptors (Lipinski definition) is 5. The van der Waals surface area contributed by atoms with Gasteiger partial charge < -0.3 is 14.8 Å². The fourth-order valence-electron chi connectivity index (χ4n) is 3.91. The van der Waals surface area contributed by atoms with Gasteiger partial charge in [-0.05, 0) is 66.1 Å². The van der Waals surface area contributed by atoms with E-state index in [1.165, 1.54) is 18.3 Å². The third-order valence-corrected chi connectivity index (χ3v) is 5.91. The second kappa shape index (κ2) is 14.2. The van der Waals surface area contributed by atoms with Crippen molar-refractivity contribution in [1.82, 2.24) is 10.7 Å². The molecule has 0 radical (unpaired) electrons. The molecule has 0 saturated carbocycles. The van der Waals surface area contributed by atoms with Gasteiger partial charge in [-0.25, -0.2) is 9.82 Å². The minimum Gasteiger partial charge on any atom is -0.490 e. The summed E-state index contributed by atoms with van der Waals surface area (Å²) in [7, 11) is 0. The number of carbonyl (C=O) groups is 2. The van der Waals surface area contributed by atoms with Crippen LogP contribution in [0.2, 0.25) is 0 Å². The van der Waals surface area contributed by atoms with Gasteiger partial charge in [0.1, 0.15) is 12.4 Å². The van der Waals surface area contributed by atoms with Gasteiger partial charge in [0.05, 0.1) is 25.3 Å². The molecular formula is C32H30FN3O4. The van der Waals surface area contributed by atoms with Crippen molar-refractivity contribution in [3.8, 4) is 11.5 Å². The largest absolute Gasteiger partial charge is 0.490 e. The van der Waals surface area contributed by atoms with Crippen LogP contribution < -0.4 is 20.2 Å². The Balaban J connectivity index is 1.38. The lowest BCUT2D eigenvalue weighted by Gasteiger charge is -2.18. The zero-order valence-electron chi connectivity index (χ0n) is 22.0. The molecule has 2 amide bonds. The standard InChI is InChI=1S/C32H30FN3O4/c1-2-39-30-19-24(15-18-29(30)40-22-23-13-16-27(33)17-14-23)21-34-36-31(37)20-28(25-9-5-3-6-10-25)35-32(38)26-11-7-4-8-12-26/h3-19,21,28H,2,20,22H2,1H3,(H,35,38)(H,36,37)/b34-21-/t28-/m0/s1. The summed E-state index contributed by atoms with van der Waals surface area (Å²) in [5.74, 6) is 0.126. The van der Waals surface area contributed by atoms with Crippen LogP contribution in [0.15, 0.2) is 108 Å². The molecule has 0 saturated heterocycles. The molecule has 0 spiro atoms. The summed E-state index contributed by atoms with van der Waals surface area (Å²) in [6.45, 7) is 2.55. The fourth-order valence-corrected chi connectivity index (χ4v) is 3.91. The van der Waals surface area contributed by atoms with Crippen molar-refractivity contribution in [2.75, 3.05) is 6.61 Å². The predicted molar refractivity (Wildman–Crippen MR) is 152 cm³/mol. The lowest BCUT2D eigenvalue weighted by atomic mass is 10.0. The molecule has 7 nitrogen and oxygen atoms in total. The Morgan fingerprint density at radius 2 is 1.57 bits per heavy atom. The molecule has 0 bridgehead atoms. The zero-order chi connectivity index (χ0) is 28.2. The first-order valence-electron chi connectivity index (χ1n) is 12.9. The van der Waals surface area contributed by atoms with Crippen LogP contribution in [0.3, 0.4) is 0 Å². The van der Waals surface area contributed by atoms with Gasteiger partial charge in [-0.1, -0.05) is 60.7 Å². The number of benzene rings is 4. The Morgan fingerprint density at radius 1 is 0.875 bits per heavy atom. The van der Waals surface area contributed by atoms with Crippen molar-refractivity contribution >= 4 is 18.0 Å². The number of amides is 2. The lowest BCUT2D eigenvalue weighted by Crippen LogP contribution is -2.32. The molecule has 0 aliphatic heterocycles. The van der Waals surface area contributed by atoms with Crippen molar-refractivity contribution in [2.24, 2.45) is 5.10 Å². The van der Waals surface area contributed by atoms with Gasteiger partial charge in [-0.15, -0.1) is 0 Å². The number of ether oxygens (including phenoxy) is 2. The van der Waals surface area contributed by atoms with E-state index in [9.17, 15) is 14.0 Å². The van der Waals surface area contributed by atoms with Crippen LogP contribution in [0.5, 0.6) is 11.5 Å². The summed E-state index contributed by atoms with van der Waals surface area (Å²) in [4.78, 5) is 25.5. The van der Waals surface area contributed by atoms with E-state index in [4.69, 9.17) is 9.47 Å². The molecule has 4 rings (SSSR count). The van der Waals surface area contributed by atoms with Crippen LogP contribution in [-0.4, -0.2) is 24.6 Å². The van der Waals surface area contributed by atoms with Gasteiger partial charge in [-0.2, -0.15) is 5.10 Å². The minimum absolute atomic E-state index is 0.000284. The van der Waals surface area contributed by atoms with E-state index in [1.807, 2.05) is 43.3 Å².